The maximum Gasteiger partial charge on any atom is 0.303 e. The summed E-state index contributed by atoms with van der Waals surface area (Å²) in [4.78, 5) is 65.3. The van der Waals surface area contributed by atoms with Crippen molar-refractivity contribution in [3.63, 3.8) is 0 Å². The van der Waals surface area contributed by atoms with E-state index in [1.165, 1.54) is 11.0 Å². The molecule has 1 saturated heterocycles. The third-order valence-electron chi connectivity index (χ3n) is 8.15. The molecule has 37 heavy (non-hydrogen) atoms. The fourth-order valence-electron chi connectivity index (χ4n) is 6.42. The highest BCUT2D eigenvalue weighted by atomic mass is 16.4. The molecule has 8 nitrogen and oxygen atoms in total. The summed E-state index contributed by atoms with van der Waals surface area (Å²) in [6, 6.07) is 6.55. The fourth-order valence-corrected chi connectivity index (χ4v) is 6.42. The lowest BCUT2D eigenvalue weighted by Crippen LogP contribution is -2.39. The van der Waals surface area contributed by atoms with Crippen LogP contribution in [0.1, 0.15) is 56.9 Å². The fraction of sp³-hybridized carbons (Fsp3) is 0.414. The van der Waals surface area contributed by atoms with Gasteiger partial charge in [-0.15, -0.1) is 0 Å². The van der Waals surface area contributed by atoms with Crippen LogP contribution in [0.25, 0.3) is 0 Å². The Morgan fingerprint density at radius 1 is 1.00 bits per heavy atom. The highest BCUT2D eigenvalue weighted by molar-refractivity contribution is 6.23. The van der Waals surface area contributed by atoms with Crippen molar-refractivity contribution in [3.05, 3.63) is 64.3 Å². The van der Waals surface area contributed by atoms with Gasteiger partial charge >= 0.3 is 5.97 Å². The number of carboxylic acid groups (broad SMARTS) is 1. The number of unbranched alkanes of at least 4 members (excludes halogenated alkanes) is 2. The molecule has 0 spiro atoms. The molecule has 8 heteroatoms. The van der Waals surface area contributed by atoms with Crippen molar-refractivity contribution >= 4 is 29.4 Å². The maximum atomic E-state index is 13.6. The number of hydrogen-bond donors (Lipinski definition) is 2. The van der Waals surface area contributed by atoms with Gasteiger partial charge in [-0.3, -0.25) is 28.9 Å². The van der Waals surface area contributed by atoms with Gasteiger partial charge in [-0.1, -0.05) is 30.2 Å². The summed E-state index contributed by atoms with van der Waals surface area (Å²) in [5.74, 6) is -3.69. The summed E-state index contributed by atoms with van der Waals surface area (Å²) in [5.41, 5.74) is 2.85. The number of Topliss-reactive ketones (excluding diaryl/α,β-unsaturated/α-hetero) is 1. The molecule has 1 aromatic carbocycles. The minimum Gasteiger partial charge on any atom is -0.508 e. The Balaban J connectivity index is 1.48. The summed E-state index contributed by atoms with van der Waals surface area (Å²) in [6.07, 6.45) is 5.63. The maximum absolute atomic E-state index is 13.6. The molecule has 1 fully saturated rings. The number of amides is 2. The van der Waals surface area contributed by atoms with E-state index in [1.807, 2.05) is 6.08 Å². The molecule has 0 saturated carbocycles. The Bertz CT molecular complexity index is 1300. The number of ketones is 2. The first-order valence-corrected chi connectivity index (χ1v) is 12.7. The molecule has 2 amide bonds. The van der Waals surface area contributed by atoms with Crippen molar-refractivity contribution in [3.8, 4) is 5.75 Å². The van der Waals surface area contributed by atoms with Crippen LogP contribution in [0.15, 0.2) is 58.7 Å². The van der Waals surface area contributed by atoms with E-state index in [4.69, 9.17) is 5.11 Å². The van der Waals surface area contributed by atoms with Gasteiger partial charge in [-0.05, 0) is 62.3 Å². The van der Waals surface area contributed by atoms with Crippen LogP contribution in [-0.4, -0.2) is 51.0 Å². The zero-order valence-electron chi connectivity index (χ0n) is 20.6. The number of allylic oxidation sites excluding steroid dienone is 6. The van der Waals surface area contributed by atoms with Crippen molar-refractivity contribution in [2.75, 3.05) is 6.54 Å². The Morgan fingerprint density at radius 3 is 2.43 bits per heavy atom. The van der Waals surface area contributed by atoms with E-state index >= 15 is 0 Å². The number of imide groups is 1. The van der Waals surface area contributed by atoms with E-state index < -0.39 is 23.7 Å². The molecule has 0 bridgehead atoms. The van der Waals surface area contributed by atoms with E-state index in [2.05, 4.69) is 0 Å². The summed E-state index contributed by atoms with van der Waals surface area (Å²) in [6.45, 7) is 1.88. The van der Waals surface area contributed by atoms with Gasteiger partial charge < -0.3 is 10.2 Å². The van der Waals surface area contributed by atoms with Crippen molar-refractivity contribution in [2.24, 2.45) is 17.8 Å². The minimum absolute atomic E-state index is 0.0548. The van der Waals surface area contributed by atoms with E-state index in [0.717, 1.165) is 11.1 Å². The number of phenols is 1. The lowest BCUT2D eigenvalue weighted by molar-refractivity contribution is -0.141. The lowest BCUT2D eigenvalue weighted by atomic mass is 9.59. The number of nitrogens with zero attached hydrogens (tertiary/aromatic N) is 1. The first kappa shape index (κ1) is 24.9. The number of likely N-dealkylation sites (tertiary alicyclic amines) is 1. The smallest absolute Gasteiger partial charge is 0.303 e. The van der Waals surface area contributed by atoms with Gasteiger partial charge in [0, 0.05) is 35.6 Å². The van der Waals surface area contributed by atoms with E-state index in [1.54, 1.807) is 31.2 Å². The molecule has 0 unspecified atom stereocenters. The number of phenolic OH excluding ortho intramolecular Hbond substituents is 1. The molecule has 4 aliphatic rings. The Morgan fingerprint density at radius 2 is 1.73 bits per heavy atom. The Labute approximate surface area is 214 Å². The molecule has 0 radical (unpaired) electrons. The highest BCUT2D eigenvalue weighted by Gasteiger charge is 2.56. The van der Waals surface area contributed by atoms with Gasteiger partial charge in [0.25, 0.3) is 0 Å². The van der Waals surface area contributed by atoms with Crippen LogP contribution in [0.3, 0.4) is 0 Å². The predicted molar refractivity (Wildman–Crippen MR) is 132 cm³/mol. The summed E-state index contributed by atoms with van der Waals surface area (Å²) in [7, 11) is 0. The van der Waals surface area contributed by atoms with E-state index in [9.17, 15) is 29.1 Å². The third kappa shape index (κ3) is 4.24. The minimum atomic E-state index is -0.868. The average molecular weight is 504 g/mol. The van der Waals surface area contributed by atoms with Crippen LogP contribution in [0.5, 0.6) is 5.75 Å². The second kappa shape index (κ2) is 9.57. The van der Waals surface area contributed by atoms with Crippen molar-refractivity contribution in [1.82, 2.24) is 4.90 Å². The number of hydrogen-bond acceptors (Lipinski definition) is 6. The molecule has 1 aromatic rings. The van der Waals surface area contributed by atoms with Gasteiger partial charge in [-0.25, -0.2) is 0 Å². The highest BCUT2D eigenvalue weighted by Crippen LogP contribution is 2.55. The largest absolute Gasteiger partial charge is 0.508 e. The predicted octanol–water partition coefficient (Wildman–Crippen LogP) is 3.47. The third-order valence-corrected chi connectivity index (χ3v) is 8.15. The number of rotatable bonds is 7. The van der Waals surface area contributed by atoms with Crippen molar-refractivity contribution < 1.29 is 34.2 Å². The molecule has 1 aliphatic heterocycles. The molecule has 2 N–H and O–H groups in total. The molecular formula is C29H29NO7. The first-order chi connectivity index (χ1) is 17.7. The van der Waals surface area contributed by atoms with Crippen LogP contribution in [-0.2, 0) is 24.0 Å². The van der Waals surface area contributed by atoms with Crippen LogP contribution >= 0.6 is 0 Å². The molecular weight excluding hydrogens is 474 g/mol. The Hall–Kier alpha value is -3.81. The quantitative estimate of drug-likeness (QED) is 0.252. The molecule has 3 aliphatic carbocycles. The SMILES string of the molecule is CC1=CC(=O)C2=C(C1=O)[C@@H](c1ccc(O)cc1)C1=CC[C@@H]3C(=O)N(CCCCCC(=O)O)C(=O)[C@@H]3[C@@H]1C2. The lowest BCUT2D eigenvalue weighted by Gasteiger charge is -2.42. The zero-order chi connectivity index (χ0) is 26.4. The molecule has 192 valence electrons. The second-order valence-corrected chi connectivity index (χ2v) is 10.4. The Kier molecular flexibility index (Phi) is 6.43. The van der Waals surface area contributed by atoms with Crippen LogP contribution in [0.2, 0.25) is 0 Å². The second-order valence-electron chi connectivity index (χ2n) is 10.4. The van der Waals surface area contributed by atoms with Crippen LogP contribution in [0.4, 0.5) is 0 Å². The van der Waals surface area contributed by atoms with E-state index in [0.29, 0.717) is 42.4 Å². The van der Waals surface area contributed by atoms with Gasteiger partial charge in [0.15, 0.2) is 11.6 Å². The summed E-state index contributed by atoms with van der Waals surface area (Å²) < 4.78 is 0. The zero-order valence-corrected chi connectivity index (χ0v) is 20.6. The molecule has 0 aromatic heterocycles. The number of benzene rings is 1. The number of carbonyl (C=O) groups is 5. The summed E-state index contributed by atoms with van der Waals surface area (Å²) >= 11 is 0. The monoisotopic (exact) mass is 503 g/mol. The number of carboxylic acids is 1. The van der Waals surface area contributed by atoms with Gasteiger partial charge in [0.2, 0.25) is 11.8 Å². The molecule has 1 heterocycles. The number of fused-ring (bicyclic) bond motifs is 3. The number of carbonyl (C=O) groups excluding carboxylic acids is 4. The summed E-state index contributed by atoms with van der Waals surface area (Å²) in [5, 5.41) is 18.6. The normalized spacial score (nSPS) is 27.0. The average Bonchev–Trinajstić information content (AvgIpc) is 3.11. The topological polar surface area (TPSA) is 129 Å². The molecule has 4 atom stereocenters. The van der Waals surface area contributed by atoms with E-state index in [-0.39, 0.29) is 54.4 Å². The number of aromatic hydroxyl groups is 1. The van der Waals surface area contributed by atoms with Gasteiger partial charge in [0.1, 0.15) is 5.75 Å². The molecule has 5 rings (SSSR count). The van der Waals surface area contributed by atoms with Crippen LogP contribution in [0, 0.1) is 17.8 Å². The van der Waals surface area contributed by atoms with Gasteiger partial charge in [-0.2, -0.15) is 0 Å². The number of aliphatic carboxylic acids is 1. The first-order valence-electron chi connectivity index (χ1n) is 12.7. The van der Waals surface area contributed by atoms with Crippen LogP contribution < -0.4 is 0 Å². The van der Waals surface area contributed by atoms with Gasteiger partial charge in [0.05, 0.1) is 11.8 Å². The van der Waals surface area contributed by atoms with Crippen molar-refractivity contribution in [2.45, 2.75) is 51.4 Å². The van der Waals surface area contributed by atoms with Crippen molar-refractivity contribution in [1.29, 1.82) is 0 Å². The standard InChI is InChI=1S/C29H29NO7/c1-15-13-22(32)21-14-20-18(24(26(21)27(15)35)16-6-8-17(31)9-7-16)10-11-19-25(20)29(37)30(28(19)36)12-4-2-3-5-23(33)34/h6-10,13,19-20,24-25,31H,2-5,11-12,14H2,1H3,(H,33,34)/t19-,20+,24-,25-/m0/s1.